The third-order valence-corrected chi connectivity index (χ3v) is 2.18. The van der Waals surface area contributed by atoms with Crippen molar-refractivity contribution in [3.8, 4) is 5.75 Å². The summed E-state index contributed by atoms with van der Waals surface area (Å²) >= 11 is 5.82. The standard InChI is InChI=1S/C8H7ClN2O3/c9-6-3-5(11(12)13)4-7-8(6)14-2-1-10-7/h3-4,10H,1-2H2. The van der Waals surface area contributed by atoms with Crippen molar-refractivity contribution in [2.75, 3.05) is 18.5 Å². The van der Waals surface area contributed by atoms with Gasteiger partial charge in [0, 0.05) is 18.7 Å². The summed E-state index contributed by atoms with van der Waals surface area (Å²) in [4.78, 5) is 10.0. The van der Waals surface area contributed by atoms with Crippen molar-refractivity contribution in [2.45, 2.75) is 0 Å². The summed E-state index contributed by atoms with van der Waals surface area (Å²) < 4.78 is 5.27. The van der Waals surface area contributed by atoms with Crippen molar-refractivity contribution in [2.24, 2.45) is 0 Å². The molecule has 2 rings (SSSR count). The van der Waals surface area contributed by atoms with Gasteiger partial charge in [0.15, 0.2) is 5.75 Å². The van der Waals surface area contributed by atoms with E-state index in [1.165, 1.54) is 12.1 Å². The first kappa shape index (κ1) is 9.08. The normalized spacial score (nSPS) is 13.8. The van der Waals surface area contributed by atoms with Gasteiger partial charge in [0.1, 0.15) is 6.61 Å². The van der Waals surface area contributed by atoms with Gasteiger partial charge in [-0.1, -0.05) is 11.6 Å². The average Bonchev–Trinajstić information content (AvgIpc) is 2.17. The van der Waals surface area contributed by atoms with Crippen LogP contribution < -0.4 is 10.1 Å². The van der Waals surface area contributed by atoms with Crippen molar-refractivity contribution in [1.82, 2.24) is 0 Å². The second-order valence-corrected chi connectivity index (χ2v) is 3.24. The van der Waals surface area contributed by atoms with Crippen LogP contribution in [0.4, 0.5) is 11.4 Å². The number of non-ortho nitro benzene ring substituents is 1. The van der Waals surface area contributed by atoms with E-state index in [1.54, 1.807) is 0 Å². The number of rotatable bonds is 1. The molecule has 1 N–H and O–H groups in total. The molecule has 0 spiro atoms. The van der Waals surface area contributed by atoms with Gasteiger partial charge in [0.25, 0.3) is 5.69 Å². The molecule has 0 aromatic heterocycles. The van der Waals surface area contributed by atoms with E-state index in [1.807, 2.05) is 0 Å². The lowest BCUT2D eigenvalue weighted by Crippen LogP contribution is -2.18. The fourth-order valence-corrected chi connectivity index (χ4v) is 1.57. The smallest absolute Gasteiger partial charge is 0.273 e. The number of ether oxygens (including phenoxy) is 1. The number of halogens is 1. The molecule has 0 amide bonds. The predicted molar refractivity (Wildman–Crippen MR) is 52.1 cm³/mol. The molecule has 0 unspecified atom stereocenters. The second-order valence-electron chi connectivity index (χ2n) is 2.84. The summed E-state index contributed by atoms with van der Waals surface area (Å²) in [6.07, 6.45) is 0. The van der Waals surface area contributed by atoms with E-state index in [0.717, 1.165) is 0 Å². The summed E-state index contributed by atoms with van der Waals surface area (Å²) in [5.41, 5.74) is 0.544. The van der Waals surface area contributed by atoms with Crippen LogP contribution in [0, 0.1) is 10.1 Å². The van der Waals surface area contributed by atoms with Gasteiger partial charge in [-0.2, -0.15) is 0 Å². The van der Waals surface area contributed by atoms with Crippen LogP contribution in [-0.4, -0.2) is 18.1 Å². The number of nitro benzene ring substituents is 1. The number of fused-ring (bicyclic) bond motifs is 1. The fourth-order valence-electron chi connectivity index (χ4n) is 1.30. The third kappa shape index (κ3) is 1.46. The Kier molecular flexibility index (Phi) is 2.17. The van der Waals surface area contributed by atoms with Crippen LogP contribution in [0.5, 0.6) is 5.75 Å². The molecule has 0 saturated heterocycles. The maximum Gasteiger partial charge on any atom is 0.273 e. The quantitative estimate of drug-likeness (QED) is 0.574. The average molecular weight is 215 g/mol. The Balaban J connectivity index is 2.51. The molecule has 6 heteroatoms. The largest absolute Gasteiger partial charge is 0.488 e. The van der Waals surface area contributed by atoms with Gasteiger partial charge in [-0.05, 0) is 0 Å². The first-order valence-corrected chi connectivity index (χ1v) is 4.41. The molecule has 1 aromatic carbocycles. The zero-order valence-electron chi connectivity index (χ0n) is 7.12. The van der Waals surface area contributed by atoms with E-state index >= 15 is 0 Å². The molecule has 1 aliphatic heterocycles. The molecule has 1 aromatic rings. The molecule has 0 fully saturated rings. The van der Waals surface area contributed by atoms with Crippen LogP contribution in [0.2, 0.25) is 5.02 Å². The van der Waals surface area contributed by atoms with Crippen LogP contribution in [0.3, 0.4) is 0 Å². The molecular formula is C8H7ClN2O3. The van der Waals surface area contributed by atoms with Crippen molar-refractivity contribution in [3.63, 3.8) is 0 Å². The summed E-state index contributed by atoms with van der Waals surface area (Å²) in [5, 5.41) is 13.8. The zero-order chi connectivity index (χ0) is 10.1. The Labute approximate surface area is 84.8 Å². The van der Waals surface area contributed by atoms with E-state index < -0.39 is 4.92 Å². The molecular weight excluding hydrogens is 208 g/mol. The Morgan fingerprint density at radius 3 is 3.07 bits per heavy atom. The highest BCUT2D eigenvalue weighted by Crippen LogP contribution is 2.38. The highest BCUT2D eigenvalue weighted by molar-refractivity contribution is 6.32. The maximum absolute atomic E-state index is 10.5. The van der Waals surface area contributed by atoms with E-state index in [0.29, 0.717) is 24.6 Å². The number of benzene rings is 1. The molecule has 0 bridgehead atoms. The molecule has 5 nitrogen and oxygen atoms in total. The molecule has 0 saturated carbocycles. The zero-order valence-corrected chi connectivity index (χ0v) is 7.87. The van der Waals surface area contributed by atoms with Gasteiger partial charge in [-0.3, -0.25) is 10.1 Å². The number of nitrogens with zero attached hydrogens (tertiary/aromatic N) is 1. The lowest BCUT2D eigenvalue weighted by atomic mass is 10.2. The van der Waals surface area contributed by atoms with Crippen LogP contribution in [0.1, 0.15) is 0 Å². The summed E-state index contributed by atoms with van der Waals surface area (Å²) in [7, 11) is 0. The van der Waals surface area contributed by atoms with Gasteiger partial charge in [-0.15, -0.1) is 0 Å². The van der Waals surface area contributed by atoms with Crippen molar-refractivity contribution >= 4 is 23.0 Å². The number of nitrogens with one attached hydrogen (secondary N) is 1. The van der Waals surface area contributed by atoms with Crippen molar-refractivity contribution < 1.29 is 9.66 Å². The number of nitro groups is 1. The summed E-state index contributed by atoms with van der Waals surface area (Å²) in [5.74, 6) is 0.489. The first-order chi connectivity index (χ1) is 6.68. The third-order valence-electron chi connectivity index (χ3n) is 1.90. The minimum absolute atomic E-state index is 0.0354. The van der Waals surface area contributed by atoms with E-state index in [2.05, 4.69) is 5.32 Å². The lowest BCUT2D eigenvalue weighted by Gasteiger charge is -2.19. The van der Waals surface area contributed by atoms with Crippen LogP contribution in [0.25, 0.3) is 0 Å². The topological polar surface area (TPSA) is 64.4 Å². The second kappa shape index (κ2) is 3.34. The molecule has 74 valence electrons. The first-order valence-electron chi connectivity index (χ1n) is 4.03. The highest BCUT2D eigenvalue weighted by Gasteiger charge is 2.18. The summed E-state index contributed by atoms with van der Waals surface area (Å²) in [6, 6.07) is 2.70. The van der Waals surface area contributed by atoms with Gasteiger partial charge < -0.3 is 10.1 Å². The SMILES string of the molecule is O=[N+]([O-])c1cc(Cl)c2c(c1)NCCO2. The molecule has 1 heterocycles. The fraction of sp³-hybridized carbons (Fsp3) is 0.250. The van der Waals surface area contributed by atoms with E-state index in [4.69, 9.17) is 16.3 Å². The monoisotopic (exact) mass is 214 g/mol. The van der Waals surface area contributed by atoms with Gasteiger partial charge >= 0.3 is 0 Å². The number of hydrogen-bond donors (Lipinski definition) is 1. The van der Waals surface area contributed by atoms with E-state index in [-0.39, 0.29) is 10.7 Å². The number of hydrogen-bond acceptors (Lipinski definition) is 4. The lowest BCUT2D eigenvalue weighted by molar-refractivity contribution is -0.384. The van der Waals surface area contributed by atoms with E-state index in [9.17, 15) is 10.1 Å². The Morgan fingerprint density at radius 1 is 1.57 bits per heavy atom. The Bertz CT molecular complexity index is 394. The van der Waals surface area contributed by atoms with Gasteiger partial charge in [0.2, 0.25) is 0 Å². The Morgan fingerprint density at radius 2 is 2.36 bits per heavy atom. The maximum atomic E-state index is 10.5. The highest BCUT2D eigenvalue weighted by atomic mass is 35.5. The van der Waals surface area contributed by atoms with Crippen LogP contribution in [-0.2, 0) is 0 Å². The molecule has 0 aliphatic carbocycles. The molecule has 0 atom stereocenters. The molecule has 0 radical (unpaired) electrons. The molecule has 1 aliphatic rings. The van der Waals surface area contributed by atoms with Crippen LogP contribution >= 0.6 is 11.6 Å². The molecule has 14 heavy (non-hydrogen) atoms. The predicted octanol–water partition coefficient (Wildman–Crippen LogP) is 2.05. The summed E-state index contributed by atoms with van der Waals surface area (Å²) in [6.45, 7) is 1.15. The number of anilines is 1. The van der Waals surface area contributed by atoms with Gasteiger partial charge in [0.05, 0.1) is 15.6 Å². The van der Waals surface area contributed by atoms with Crippen LogP contribution in [0.15, 0.2) is 12.1 Å². The van der Waals surface area contributed by atoms with Crippen molar-refractivity contribution in [1.29, 1.82) is 0 Å². The van der Waals surface area contributed by atoms with Crippen molar-refractivity contribution in [3.05, 3.63) is 27.3 Å². The minimum Gasteiger partial charge on any atom is -0.488 e. The Hall–Kier alpha value is -1.49. The minimum atomic E-state index is -0.484. The van der Waals surface area contributed by atoms with Gasteiger partial charge in [-0.25, -0.2) is 0 Å².